The van der Waals surface area contributed by atoms with E-state index in [1.807, 2.05) is 66.3 Å². The molecule has 0 aliphatic rings. The van der Waals surface area contributed by atoms with Gasteiger partial charge in [-0.2, -0.15) is 4.68 Å². The summed E-state index contributed by atoms with van der Waals surface area (Å²) in [6.45, 7) is 0. The highest BCUT2D eigenvalue weighted by atomic mass is 16.5. The Morgan fingerprint density at radius 3 is 2.74 bits per heavy atom. The fourth-order valence-electron chi connectivity index (χ4n) is 2.61. The van der Waals surface area contributed by atoms with Crippen LogP contribution in [0.2, 0.25) is 0 Å². The quantitative estimate of drug-likeness (QED) is 0.584. The molecule has 23 heavy (non-hydrogen) atoms. The normalized spacial score (nSPS) is 11.0. The SMILES string of the molecule is COc1cccc(-c2cn(-c3nc4ccccc4n3C)nn2)c1. The number of hydrogen-bond donors (Lipinski definition) is 0. The summed E-state index contributed by atoms with van der Waals surface area (Å²) in [4.78, 5) is 4.62. The zero-order chi connectivity index (χ0) is 15.8. The Labute approximate surface area is 133 Å². The van der Waals surface area contributed by atoms with Crippen LogP contribution in [0, 0.1) is 0 Å². The van der Waals surface area contributed by atoms with Gasteiger partial charge in [-0.25, -0.2) is 4.98 Å². The van der Waals surface area contributed by atoms with E-state index < -0.39 is 0 Å². The Bertz CT molecular complexity index is 985. The number of nitrogens with zero attached hydrogens (tertiary/aromatic N) is 5. The summed E-state index contributed by atoms with van der Waals surface area (Å²) in [6, 6.07) is 15.7. The molecule has 0 N–H and O–H groups in total. The number of aromatic nitrogens is 5. The Morgan fingerprint density at radius 2 is 1.91 bits per heavy atom. The van der Waals surface area contributed by atoms with E-state index in [0.717, 1.165) is 34.0 Å². The van der Waals surface area contributed by atoms with Gasteiger partial charge in [0, 0.05) is 12.6 Å². The first kappa shape index (κ1) is 13.5. The maximum absolute atomic E-state index is 5.26. The van der Waals surface area contributed by atoms with E-state index in [1.54, 1.807) is 11.8 Å². The topological polar surface area (TPSA) is 57.8 Å². The molecule has 6 nitrogen and oxygen atoms in total. The van der Waals surface area contributed by atoms with Crippen LogP contribution in [-0.4, -0.2) is 31.7 Å². The lowest BCUT2D eigenvalue weighted by atomic mass is 10.1. The predicted molar refractivity (Wildman–Crippen MR) is 87.6 cm³/mol. The van der Waals surface area contributed by atoms with Crippen LogP contribution in [0.15, 0.2) is 54.7 Å². The summed E-state index contributed by atoms with van der Waals surface area (Å²) in [7, 11) is 3.62. The molecule has 114 valence electrons. The molecule has 4 aromatic rings. The minimum Gasteiger partial charge on any atom is -0.497 e. The van der Waals surface area contributed by atoms with Crippen LogP contribution < -0.4 is 4.74 Å². The lowest BCUT2D eigenvalue weighted by Crippen LogP contribution is -2.03. The molecule has 0 bridgehead atoms. The summed E-state index contributed by atoms with van der Waals surface area (Å²) in [5, 5.41) is 8.47. The predicted octanol–water partition coefficient (Wildman–Crippen LogP) is 2.83. The Balaban J connectivity index is 1.78. The summed E-state index contributed by atoms with van der Waals surface area (Å²) < 4.78 is 8.94. The van der Waals surface area contributed by atoms with E-state index in [9.17, 15) is 0 Å². The molecule has 2 aromatic heterocycles. The highest BCUT2D eigenvalue weighted by molar-refractivity contribution is 5.77. The van der Waals surface area contributed by atoms with Crippen LogP contribution in [-0.2, 0) is 7.05 Å². The van der Waals surface area contributed by atoms with Crippen LogP contribution in [0.1, 0.15) is 0 Å². The third-order valence-electron chi connectivity index (χ3n) is 3.83. The standard InChI is InChI=1S/C17H15N5O/c1-21-16-9-4-3-8-14(16)18-17(21)22-11-15(19-20-22)12-6-5-7-13(10-12)23-2/h3-11H,1-2H3. The van der Waals surface area contributed by atoms with Crippen molar-refractivity contribution in [1.82, 2.24) is 24.5 Å². The van der Waals surface area contributed by atoms with Crippen molar-refractivity contribution in [3.63, 3.8) is 0 Å². The zero-order valence-electron chi connectivity index (χ0n) is 12.8. The van der Waals surface area contributed by atoms with Crippen molar-refractivity contribution in [2.24, 2.45) is 7.05 Å². The first-order valence-electron chi connectivity index (χ1n) is 7.25. The summed E-state index contributed by atoms with van der Waals surface area (Å²) >= 11 is 0. The molecule has 6 heteroatoms. The maximum atomic E-state index is 5.26. The minimum atomic E-state index is 0.729. The zero-order valence-corrected chi connectivity index (χ0v) is 12.8. The summed E-state index contributed by atoms with van der Waals surface area (Å²) in [5.74, 6) is 1.52. The van der Waals surface area contributed by atoms with Gasteiger partial charge in [-0.1, -0.05) is 29.5 Å². The van der Waals surface area contributed by atoms with Gasteiger partial charge in [0.25, 0.3) is 0 Å². The van der Waals surface area contributed by atoms with Gasteiger partial charge >= 0.3 is 0 Å². The van der Waals surface area contributed by atoms with Crippen molar-refractivity contribution in [2.75, 3.05) is 7.11 Å². The molecule has 2 heterocycles. The van der Waals surface area contributed by atoms with Crippen molar-refractivity contribution >= 4 is 11.0 Å². The third-order valence-corrected chi connectivity index (χ3v) is 3.83. The van der Waals surface area contributed by atoms with Crippen molar-refractivity contribution in [3.8, 4) is 23.0 Å². The molecule has 0 fully saturated rings. The molecule has 4 rings (SSSR count). The number of aryl methyl sites for hydroxylation is 1. The van der Waals surface area contributed by atoms with Crippen LogP contribution >= 0.6 is 0 Å². The molecule has 0 radical (unpaired) electrons. The average Bonchev–Trinajstić information content (AvgIpc) is 3.20. The lowest BCUT2D eigenvalue weighted by molar-refractivity contribution is 0.415. The molecule has 0 saturated carbocycles. The Hall–Kier alpha value is -3.15. The van der Waals surface area contributed by atoms with Crippen molar-refractivity contribution in [3.05, 3.63) is 54.7 Å². The van der Waals surface area contributed by atoms with Crippen LogP contribution in [0.5, 0.6) is 5.75 Å². The van der Waals surface area contributed by atoms with Crippen LogP contribution in [0.3, 0.4) is 0 Å². The van der Waals surface area contributed by atoms with E-state index >= 15 is 0 Å². The molecule has 0 aliphatic carbocycles. The lowest BCUT2D eigenvalue weighted by Gasteiger charge is -2.01. The molecule has 0 saturated heterocycles. The van der Waals surface area contributed by atoms with E-state index in [2.05, 4.69) is 15.3 Å². The monoisotopic (exact) mass is 305 g/mol. The fourth-order valence-corrected chi connectivity index (χ4v) is 2.61. The van der Waals surface area contributed by atoms with E-state index in [-0.39, 0.29) is 0 Å². The molecule has 0 spiro atoms. The van der Waals surface area contributed by atoms with Crippen molar-refractivity contribution in [1.29, 1.82) is 0 Å². The number of rotatable bonds is 3. The second-order valence-electron chi connectivity index (χ2n) is 5.24. The fraction of sp³-hybridized carbons (Fsp3) is 0.118. The third kappa shape index (κ3) is 2.24. The second kappa shape index (κ2) is 5.24. The highest BCUT2D eigenvalue weighted by Crippen LogP contribution is 2.23. The first-order valence-corrected chi connectivity index (χ1v) is 7.25. The number of para-hydroxylation sites is 2. The number of benzene rings is 2. The van der Waals surface area contributed by atoms with Gasteiger partial charge in [-0.15, -0.1) is 5.10 Å². The molecule has 2 aromatic carbocycles. The van der Waals surface area contributed by atoms with Crippen LogP contribution in [0.25, 0.3) is 28.2 Å². The molecular formula is C17H15N5O. The number of fused-ring (bicyclic) bond motifs is 1. The Morgan fingerprint density at radius 1 is 1.04 bits per heavy atom. The van der Waals surface area contributed by atoms with E-state index in [0.29, 0.717) is 0 Å². The average molecular weight is 305 g/mol. The number of imidazole rings is 1. The van der Waals surface area contributed by atoms with Crippen molar-refractivity contribution < 1.29 is 4.74 Å². The van der Waals surface area contributed by atoms with Gasteiger partial charge < -0.3 is 9.30 Å². The highest BCUT2D eigenvalue weighted by Gasteiger charge is 2.12. The van der Waals surface area contributed by atoms with Gasteiger partial charge in [0.2, 0.25) is 5.95 Å². The summed E-state index contributed by atoms with van der Waals surface area (Å²) in [5.41, 5.74) is 3.72. The van der Waals surface area contributed by atoms with Gasteiger partial charge in [-0.3, -0.25) is 0 Å². The molecule has 0 atom stereocenters. The van der Waals surface area contributed by atoms with E-state index in [4.69, 9.17) is 4.74 Å². The minimum absolute atomic E-state index is 0.729. The number of hydrogen-bond acceptors (Lipinski definition) is 4. The van der Waals surface area contributed by atoms with Gasteiger partial charge in [0.1, 0.15) is 11.4 Å². The summed E-state index contributed by atoms with van der Waals surface area (Å²) in [6.07, 6.45) is 1.87. The smallest absolute Gasteiger partial charge is 0.232 e. The van der Waals surface area contributed by atoms with Gasteiger partial charge in [0.05, 0.1) is 24.3 Å². The van der Waals surface area contributed by atoms with E-state index in [1.165, 1.54) is 0 Å². The van der Waals surface area contributed by atoms with Crippen molar-refractivity contribution in [2.45, 2.75) is 0 Å². The molecule has 0 amide bonds. The maximum Gasteiger partial charge on any atom is 0.232 e. The molecular weight excluding hydrogens is 290 g/mol. The number of methoxy groups -OCH3 is 1. The first-order chi connectivity index (χ1) is 11.3. The van der Waals surface area contributed by atoms with Gasteiger partial charge in [-0.05, 0) is 24.3 Å². The largest absolute Gasteiger partial charge is 0.497 e. The van der Waals surface area contributed by atoms with Crippen LogP contribution in [0.4, 0.5) is 0 Å². The second-order valence-corrected chi connectivity index (χ2v) is 5.24. The Kier molecular flexibility index (Phi) is 3.08. The molecule has 0 unspecified atom stereocenters. The number of ether oxygens (including phenoxy) is 1. The van der Waals surface area contributed by atoms with Gasteiger partial charge in [0.15, 0.2) is 0 Å². The molecule has 0 aliphatic heterocycles.